The average molecular weight is 284 g/mol. The number of rotatable bonds is 7. The number of para-hydroxylation sites is 1. The normalized spacial score (nSPS) is 12.5. The van der Waals surface area contributed by atoms with Crippen molar-refractivity contribution in [2.75, 3.05) is 18.8 Å². The molecule has 0 fully saturated rings. The summed E-state index contributed by atoms with van der Waals surface area (Å²) in [5.74, 6) is 0. The van der Waals surface area contributed by atoms with E-state index in [4.69, 9.17) is 5.73 Å². The van der Waals surface area contributed by atoms with Gasteiger partial charge in [0, 0.05) is 24.3 Å². The average Bonchev–Trinajstić information content (AvgIpc) is 2.52. The molecule has 0 aliphatic heterocycles. The molecule has 0 aliphatic carbocycles. The van der Waals surface area contributed by atoms with Crippen molar-refractivity contribution < 1.29 is 5.11 Å². The second-order valence-corrected chi connectivity index (χ2v) is 5.29. The SMILES string of the molecule is CCN(CCC(O)c1ccccc1N)Cc1ccccc1. The molecule has 3 N–H and O–H groups in total. The van der Waals surface area contributed by atoms with E-state index in [-0.39, 0.29) is 0 Å². The largest absolute Gasteiger partial charge is 0.398 e. The van der Waals surface area contributed by atoms with Crippen LogP contribution < -0.4 is 5.73 Å². The standard InChI is InChI=1S/C18H24N2O/c1-2-20(14-15-8-4-3-5-9-15)13-12-18(21)16-10-6-7-11-17(16)19/h3-11,18,21H,2,12-14,19H2,1H3. The Bertz CT molecular complexity index is 542. The first-order valence-electron chi connectivity index (χ1n) is 7.49. The van der Waals surface area contributed by atoms with E-state index >= 15 is 0 Å². The Labute approximate surface area is 127 Å². The quantitative estimate of drug-likeness (QED) is 0.768. The van der Waals surface area contributed by atoms with Gasteiger partial charge in [0.25, 0.3) is 0 Å². The van der Waals surface area contributed by atoms with Gasteiger partial charge in [-0.1, -0.05) is 55.5 Å². The van der Waals surface area contributed by atoms with Gasteiger partial charge in [0.2, 0.25) is 0 Å². The molecule has 1 atom stereocenters. The molecule has 0 amide bonds. The van der Waals surface area contributed by atoms with E-state index in [0.29, 0.717) is 12.1 Å². The van der Waals surface area contributed by atoms with Crippen LogP contribution in [0.4, 0.5) is 5.69 Å². The van der Waals surface area contributed by atoms with E-state index in [1.807, 2.05) is 30.3 Å². The molecule has 1 unspecified atom stereocenters. The smallest absolute Gasteiger partial charge is 0.0822 e. The minimum absolute atomic E-state index is 0.504. The van der Waals surface area contributed by atoms with E-state index in [1.54, 1.807) is 0 Å². The Morgan fingerprint density at radius 3 is 2.38 bits per heavy atom. The summed E-state index contributed by atoms with van der Waals surface area (Å²) in [5, 5.41) is 10.3. The number of nitrogen functional groups attached to an aromatic ring is 1. The van der Waals surface area contributed by atoms with Gasteiger partial charge in [-0.05, 0) is 24.6 Å². The molecule has 0 aromatic heterocycles. The lowest BCUT2D eigenvalue weighted by Gasteiger charge is -2.22. The molecule has 2 aromatic rings. The molecule has 2 rings (SSSR count). The van der Waals surface area contributed by atoms with Crippen molar-refractivity contribution in [2.45, 2.75) is 26.0 Å². The van der Waals surface area contributed by atoms with Gasteiger partial charge < -0.3 is 10.8 Å². The highest BCUT2D eigenvalue weighted by Gasteiger charge is 2.12. The fourth-order valence-electron chi connectivity index (χ4n) is 2.47. The Kier molecular flexibility index (Phi) is 5.78. The van der Waals surface area contributed by atoms with E-state index in [2.05, 4.69) is 36.1 Å². The predicted molar refractivity (Wildman–Crippen MR) is 87.8 cm³/mol. The highest BCUT2D eigenvalue weighted by molar-refractivity contribution is 5.47. The van der Waals surface area contributed by atoms with Gasteiger partial charge in [-0.15, -0.1) is 0 Å². The summed E-state index contributed by atoms with van der Waals surface area (Å²) in [4.78, 5) is 2.33. The van der Waals surface area contributed by atoms with E-state index in [1.165, 1.54) is 5.56 Å². The third-order valence-electron chi connectivity index (χ3n) is 3.77. The number of hydrogen-bond donors (Lipinski definition) is 2. The third-order valence-corrected chi connectivity index (χ3v) is 3.77. The number of anilines is 1. The molecule has 0 spiro atoms. The van der Waals surface area contributed by atoms with Crippen LogP contribution in [0.1, 0.15) is 30.6 Å². The summed E-state index contributed by atoms with van der Waals surface area (Å²) < 4.78 is 0. The molecule has 0 radical (unpaired) electrons. The predicted octanol–water partition coefficient (Wildman–Crippen LogP) is 3.21. The van der Waals surface area contributed by atoms with E-state index in [0.717, 1.165) is 25.2 Å². The molecular weight excluding hydrogens is 260 g/mol. The van der Waals surface area contributed by atoms with Gasteiger partial charge in [0.1, 0.15) is 0 Å². The van der Waals surface area contributed by atoms with Crippen LogP contribution in [0.15, 0.2) is 54.6 Å². The molecule has 3 nitrogen and oxygen atoms in total. The van der Waals surface area contributed by atoms with Crippen molar-refractivity contribution in [3.05, 3.63) is 65.7 Å². The van der Waals surface area contributed by atoms with Crippen LogP contribution in [0.5, 0.6) is 0 Å². The maximum atomic E-state index is 10.3. The molecule has 21 heavy (non-hydrogen) atoms. The van der Waals surface area contributed by atoms with Crippen LogP contribution in [0.25, 0.3) is 0 Å². The topological polar surface area (TPSA) is 49.5 Å². The number of benzene rings is 2. The molecule has 0 saturated carbocycles. The van der Waals surface area contributed by atoms with Gasteiger partial charge in [0.15, 0.2) is 0 Å². The number of aliphatic hydroxyl groups is 1. The number of nitrogens with two attached hydrogens (primary N) is 1. The van der Waals surface area contributed by atoms with Crippen LogP contribution in [0, 0.1) is 0 Å². The summed E-state index contributed by atoms with van der Waals surface area (Å²) >= 11 is 0. The fourth-order valence-corrected chi connectivity index (χ4v) is 2.47. The van der Waals surface area contributed by atoms with Crippen molar-refractivity contribution in [3.8, 4) is 0 Å². The fraction of sp³-hybridized carbons (Fsp3) is 0.333. The maximum Gasteiger partial charge on any atom is 0.0822 e. The first-order chi connectivity index (χ1) is 10.2. The second kappa shape index (κ2) is 7.81. The lowest BCUT2D eigenvalue weighted by atomic mass is 10.0. The zero-order chi connectivity index (χ0) is 15.1. The van der Waals surface area contributed by atoms with Crippen LogP contribution in [0.3, 0.4) is 0 Å². The molecule has 112 valence electrons. The molecule has 0 heterocycles. The Morgan fingerprint density at radius 2 is 1.71 bits per heavy atom. The van der Waals surface area contributed by atoms with Crippen LogP contribution in [-0.4, -0.2) is 23.1 Å². The summed E-state index contributed by atoms with van der Waals surface area (Å²) in [5.41, 5.74) is 8.70. The zero-order valence-electron chi connectivity index (χ0n) is 12.6. The Balaban J connectivity index is 1.90. The molecule has 2 aromatic carbocycles. The first kappa shape index (κ1) is 15.5. The number of aliphatic hydroxyl groups excluding tert-OH is 1. The molecular formula is C18H24N2O. The van der Waals surface area contributed by atoms with E-state index in [9.17, 15) is 5.11 Å². The minimum atomic E-state index is -0.504. The summed E-state index contributed by atoms with van der Waals surface area (Å²) in [6.07, 6.45) is 0.186. The highest BCUT2D eigenvalue weighted by atomic mass is 16.3. The first-order valence-corrected chi connectivity index (χ1v) is 7.49. The van der Waals surface area contributed by atoms with Gasteiger partial charge in [-0.2, -0.15) is 0 Å². The Morgan fingerprint density at radius 1 is 1.05 bits per heavy atom. The van der Waals surface area contributed by atoms with Crippen molar-refractivity contribution in [2.24, 2.45) is 0 Å². The van der Waals surface area contributed by atoms with Crippen LogP contribution in [0.2, 0.25) is 0 Å². The lowest BCUT2D eigenvalue weighted by molar-refractivity contribution is 0.142. The summed E-state index contributed by atoms with van der Waals surface area (Å²) in [6, 6.07) is 17.9. The van der Waals surface area contributed by atoms with Gasteiger partial charge in [0.05, 0.1) is 6.10 Å². The molecule has 0 saturated heterocycles. The number of hydrogen-bond acceptors (Lipinski definition) is 3. The summed E-state index contributed by atoms with van der Waals surface area (Å²) in [6.45, 7) is 4.87. The van der Waals surface area contributed by atoms with Crippen molar-refractivity contribution in [1.82, 2.24) is 4.90 Å². The monoisotopic (exact) mass is 284 g/mol. The van der Waals surface area contributed by atoms with Crippen molar-refractivity contribution in [1.29, 1.82) is 0 Å². The summed E-state index contributed by atoms with van der Waals surface area (Å²) in [7, 11) is 0. The van der Waals surface area contributed by atoms with Crippen LogP contribution >= 0.6 is 0 Å². The second-order valence-electron chi connectivity index (χ2n) is 5.29. The number of nitrogens with zero attached hydrogens (tertiary/aromatic N) is 1. The van der Waals surface area contributed by atoms with E-state index < -0.39 is 6.10 Å². The van der Waals surface area contributed by atoms with Crippen molar-refractivity contribution in [3.63, 3.8) is 0 Å². The molecule has 0 aliphatic rings. The minimum Gasteiger partial charge on any atom is -0.398 e. The Hall–Kier alpha value is -1.84. The van der Waals surface area contributed by atoms with Crippen LogP contribution in [-0.2, 0) is 6.54 Å². The van der Waals surface area contributed by atoms with Gasteiger partial charge in [-0.25, -0.2) is 0 Å². The zero-order valence-corrected chi connectivity index (χ0v) is 12.6. The van der Waals surface area contributed by atoms with Crippen molar-refractivity contribution >= 4 is 5.69 Å². The van der Waals surface area contributed by atoms with Gasteiger partial charge in [-0.3, -0.25) is 4.90 Å². The molecule has 3 heteroatoms. The third kappa shape index (κ3) is 4.59. The highest BCUT2D eigenvalue weighted by Crippen LogP contribution is 2.23. The molecule has 0 bridgehead atoms. The lowest BCUT2D eigenvalue weighted by Crippen LogP contribution is -2.25. The maximum absolute atomic E-state index is 10.3. The van der Waals surface area contributed by atoms with Gasteiger partial charge >= 0.3 is 0 Å².